The van der Waals surface area contributed by atoms with Crippen LogP contribution in [-0.2, 0) is 0 Å². The Balaban J connectivity index is 2.69. The van der Waals surface area contributed by atoms with E-state index in [2.05, 4.69) is 10.2 Å². The van der Waals surface area contributed by atoms with Gasteiger partial charge in [-0.25, -0.2) is 0 Å². The van der Waals surface area contributed by atoms with Gasteiger partial charge in [0.05, 0.1) is 15.1 Å². The number of anilines is 1. The third-order valence-corrected chi connectivity index (χ3v) is 3.21. The maximum atomic E-state index is 8.97. The Morgan fingerprint density at radius 3 is 2.47 bits per heavy atom. The summed E-state index contributed by atoms with van der Waals surface area (Å²) in [5.41, 5.74) is 6.65. The lowest BCUT2D eigenvalue weighted by Gasteiger charge is -2.03. The third-order valence-electron chi connectivity index (χ3n) is 2.17. The van der Waals surface area contributed by atoms with Crippen molar-refractivity contribution in [2.45, 2.75) is 0 Å². The number of nitriles is 1. The van der Waals surface area contributed by atoms with Crippen LogP contribution in [0.25, 0.3) is 11.3 Å². The smallest absolute Gasteiger partial charge is 0.137 e. The summed E-state index contributed by atoms with van der Waals surface area (Å²) in [6, 6.07) is 4.99. The van der Waals surface area contributed by atoms with Gasteiger partial charge in [-0.3, -0.25) is 5.10 Å². The highest BCUT2D eigenvalue weighted by Crippen LogP contribution is 2.36. The van der Waals surface area contributed by atoms with Gasteiger partial charge in [-0.1, -0.05) is 34.8 Å². The summed E-state index contributed by atoms with van der Waals surface area (Å²) in [5.74, 6) is 0.185. The maximum Gasteiger partial charge on any atom is 0.137 e. The molecule has 0 aliphatic rings. The zero-order valence-corrected chi connectivity index (χ0v) is 10.5. The van der Waals surface area contributed by atoms with Gasteiger partial charge in [0.25, 0.3) is 0 Å². The van der Waals surface area contributed by atoms with Crippen molar-refractivity contribution in [1.82, 2.24) is 10.2 Å². The van der Waals surface area contributed by atoms with E-state index in [1.165, 1.54) is 6.07 Å². The second kappa shape index (κ2) is 4.46. The SMILES string of the molecule is N#Cc1c(-c2cc(Cl)c(Cl)cc2Cl)n[nH]c1N. The van der Waals surface area contributed by atoms with Gasteiger partial charge >= 0.3 is 0 Å². The Hall–Kier alpha value is -1.41. The minimum absolute atomic E-state index is 0.185. The summed E-state index contributed by atoms with van der Waals surface area (Å²) in [7, 11) is 0. The normalized spacial score (nSPS) is 10.2. The van der Waals surface area contributed by atoms with E-state index in [9.17, 15) is 0 Å². The molecule has 1 heterocycles. The molecule has 7 heteroatoms. The van der Waals surface area contributed by atoms with Crippen molar-refractivity contribution >= 4 is 40.6 Å². The standard InChI is InChI=1S/C10H5Cl3N4/c11-6-2-8(13)7(12)1-4(6)9-5(3-14)10(15)17-16-9/h1-2H,(H3,15,16,17). The van der Waals surface area contributed by atoms with Gasteiger partial charge in [0, 0.05) is 5.56 Å². The lowest BCUT2D eigenvalue weighted by atomic mass is 10.1. The molecule has 0 saturated carbocycles. The van der Waals surface area contributed by atoms with Crippen LogP contribution >= 0.6 is 34.8 Å². The van der Waals surface area contributed by atoms with Crippen molar-refractivity contribution in [2.24, 2.45) is 0 Å². The average Bonchev–Trinajstić information content (AvgIpc) is 2.64. The van der Waals surface area contributed by atoms with E-state index in [0.29, 0.717) is 26.3 Å². The Labute approximate surface area is 112 Å². The highest BCUT2D eigenvalue weighted by atomic mass is 35.5. The number of rotatable bonds is 1. The highest BCUT2D eigenvalue weighted by molar-refractivity contribution is 6.44. The number of hydrogen-bond acceptors (Lipinski definition) is 3. The summed E-state index contributed by atoms with van der Waals surface area (Å²) in [5, 5.41) is 16.4. The number of halogens is 3. The molecule has 17 heavy (non-hydrogen) atoms. The lowest BCUT2D eigenvalue weighted by molar-refractivity contribution is 1.10. The molecule has 0 bridgehead atoms. The Kier molecular flexibility index (Phi) is 3.16. The molecule has 1 aromatic carbocycles. The van der Waals surface area contributed by atoms with Crippen molar-refractivity contribution in [3.63, 3.8) is 0 Å². The van der Waals surface area contributed by atoms with Gasteiger partial charge in [-0.05, 0) is 12.1 Å². The fourth-order valence-electron chi connectivity index (χ4n) is 1.37. The molecule has 0 aliphatic heterocycles. The molecule has 0 saturated heterocycles. The number of nitrogens with two attached hydrogens (primary N) is 1. The number of H-pyrrole nitrogens is 1. The number of aromatic nitrogens is 2. The fraction of sp³-hybridized carbons (Fsp3) is 0. The van der Waals surface area contributed by atoms with Gasteiger partial charge in [0.1, 0.15) is 23.1 Å². The van der Waals surface area contributed by atoms with Crippen LogP contribution in [0.1, 0.15) is 5.56 Å². The maximum absolute atomic E-state index is 8.97. The summed E-state index contributed by atoms with van der Waals surface area (Å²) < 4.78 is 0. The molecular weight excluding hydrogens is 282 g/mol. The van der Waals surface area contributed by atoms with E-state index < -0.39 is 0 Å². The molecule has 0 fully saturated rings. The fourth-order valence-corrected chi connectivity index (χ4v) is 2.00. The van der Waals surface area contributed by atoms with Gasteiger partial charge in [-0.2, -0.15) is 10.4 Å². The topological polar surface area (TPSA) is 78.5 Å². The van der Waals surface area contributed by atoms with Crippen LogP contribution in [0, 0.1) is 11.3 Å². The van der Waals surface area contributed by atoms with E-state index >= 15 is 0 Å². The van der Waals surface area contributed by atoms with Crippen LogP contribution < -0.4 is 5.73 Å². The minimum atomic E-state index is 0.185. The third kappa shape index (κ3) is 2.05. The van der Waals surface area contributed by atoms with E-state index in [4.69, 9.17) is 45.8 Å². The van der Waals surface area contributed by atoms with Gasteiger partial charge in [0.2, 0.25) is 0 Å². The number of nitrogens with zero attached hydrogens (tertiary/aromatic N) is 2. The molecule has 2 rings (SSSR count). The Morgan fingerprint density at radius 2 is 1.82 bits per heavy atom. The Bertz CT molecular complexity index is 627. The highest BCUT2D eigenvalue weighted by Gasteiger charge is 2.16. The van der Waals surface area contributed by atoms with Crippen LogP contribution in [0.5, 0.6) is 0 Å². The zero-order chi connectivity index (χ0) is 12.6. The molecule has 1 aromatic heterocycles. The van der Waals surface area contributed by atoms with Gasteiger partial charge in [-0.15, -0.1) is 0 Å². The molecular formula is C10H5Cl3N4. The van der Waals surface area contributed by atoms with E-state index in [1.807, 2.05) is 6.07 Å². The van der Waals surface area contributed by atoms with Crippen LogP contribution in [-0.4, -0.2) is 10.2 Å². The van der Waals surface area contributed by atoms with Gasteiger partial charge in [0.15, 0.2) is 0 Å². The number of hydrogen-bond donors (Lipinski definition) is 2. The second-order valence-electron chi connectivity index (χ2n) is 3.22. The minimum Gasteiger partial charge on any atom is -0.383 e. The molecule has 2 aromatic rings. The average molecular weight is 288 g/mol. The molecule has 0 atom stereocenters. The summed E-state index contributed by atoms with van der Waals surface area (Å²) in [4.78, 5) is 0. The van der Waals surface area contributed by atoms with Crippen molar-refractivity contribution in [3.8, 4) is 17.3 Å². The largest absolute Gasteiger partial charge is 0.383 e. The molecule has 86 valence electrons. The zero-order valence-electron chi connectivity index (χ0n) is 8.26. The Morgan fingerprint density at radius 1 is 1.18 bits per heavy atom. The predicted octanol–water partition coefficient (Wildman–Crippen LogP) is 3.49. The van der Waals surface area contributed by atoms with Crippen molar-refractivity contribution in [1.29, 1.82) is 5.26 Å². The second-order valence-corrected chi connectivity index (χ2v) is 4.44. The first-order valence-electron chi connectivity index (χ1n) is 4.43. The van der Waals surface area contributed by atoms with E-state index in [1.54, 1.807) is 6.07 Å². The number of nitrogen functional groups attached to an aromatic ring is 1. The van der Waals surface area contributed by atoms with Gasteiger partial charge < -0.3 is 5.73 Å². The molecule has 0 aliphatic carbocycles. The van der Waals surface area contributed by atoms with Crippen LogP contribution in [0.3, 0.4) is 0 Å². The molecule has 3 N–H and O–H groups in total. The first-order valence-corrected chi connectivity index (χ1v) is 5.57. The van der Waals surface area contributed by atoms with Crippen molar-refractivity contribution in [3.05, 3.63) is 32.8 Å². The number of benzene rings is 1. The van der Waals surface area contributed by atoms with Crippen LogP contribution in [0.15, 0.2) is 12.1 Å². The van der Waals surface area contributed by atoms with E-state index in [0.717, 1.165) is 0 Å². The first kappa shape index (κ1) is 12.1. The van der Waals surface area contributed by atoms with Crippen LogP contribution in [0.4, 0.5) is 5.82 Å². The van der Waals surface area contributed by atoms with Crippen molar-refractivity contribution in [2.75, 3.05) is 5.73 Å². The summed E-state index contributed by atoms with van der Waals surface area (Å²) >= 11 is 17.7. The molecule has 0 amide bonds. The monoisotopic (exact) mass is 286 g/mol. The lowest BCUT2D eigenvalue weighted by Crippen LogP contribution is -1.88. The molecule has 0 spiro atoms. The van der Waals surface area contributed by atoms with E-state index in [-0.39, 0.29) is 11.4 Å². The predicted molar refractivity (Wildman–Crippen MR) is 68.2 cm³/mol. The molecule has 4 nitrogen and oxygen atoms in total. The quantitative estimate of drug-likeness (QED) is 0.788. The number of aromatic amines is 1. The summed E-state index contributed by atoms with van der Waals surface area (Å²) in [6.45, 7) is 0. The molecule has 0 radical (unpaired) electrons. The molecule has 0 unspecified atom stereocenters. The summed E-state index contributed by atoms with van der Waals surface area (Å²) in [6.07, 6.45) is 0. The first-order chi connectivity index (χ1) is 8.04. The number of nitrogens with one attached hydrogen (secondary N) is 1. The van der Waals surface area contributed by atoms with Crippen molar-refractivity contribution < 1.29 is 0 Å². The van der Waals surface area contributed by atoms with Crippen LogP contribution in [0.2, 0.25) is 15.1 Å².